The Labute approximate surface area is 507 Å². The number of hydrogen-bond donors (Lipinski definition) is 7. The number of allylic oxidation sites excluding steroid dienone is 12. The number of carboxylic acid groups (broad SMARTS) is 3. The molecule has 1 aliphatic carbocycles. The smallest absolute Gasteiger partial charge is 0.338 e. The molecule has 1 unspecified atom stereocenters. The summed E-state index contributed by atoms with van der Waals surface area (Å²) in [6.07, 6.45) is 12.8. The molecule has 17 nitrogen and oxygen atoms in total. The van der Waals surface area contributed by atoms with Gasteiger partial charge in [-0.05, 0) is 148 Å². The van der Waals surface area contributed by atoms with Gasteiger partial charge >= 0.3 is 23.9 Å². The average molecular weight is 1180 g/mol. The molecule has 0 amide bonds. The van der Waals surface area contributed by atoms with Gasteiger partial charge in [0.2, 0.25) is 0 Å². The summed E-state index contributed by atoms with van der Waals surface area (Å²) in [6.45, 7) is 30.4. The Balaban J connectivity index is 0.000000205. The molecule has 3 aromatic rings. The number of rotatable bonds is 13. The summed E-state index contributed by atoms with van der Waals surface area (Å²) < 4.78 is 5.22. The normalized spacial score (nSPS) is 21.0. The van der Waals surface area contributed by atoms with Gasteiger partial charge in [0.1, 0.15) is 11.7 Å². The first kappa shape index (κ1) is 62.3. The highest BCUT2D eigenvalue weighted by atomic mass is 16.5. The van der Waals surface area contributed by atoms with Gasteiger partial charge in [-0.2, -0.15) is 0 Å². The summed E-state index contributed by atoms with van der Waals surface area (Å²) >= 11 is 0. The molecule has 16 bridgehead atoms. The van der Waals surface area contributed by atoms with Crippen molar-refractivity contribution in [1.29, 1.82) is 0 Å². The van der Waals surface area contributed by atoms with Crippen LogP contribution in [-0.2, 0) is 36.8 Å². The van der Waals surface area contributed by atoms with Crippen LogP contribution in [0.4, 0.5) is 0 Å². The Morgan fingerprint density at radius 2 is 1.40 bits per heavy atom. The van der Waals surface area contributed by atoms with Crippen LogP contribution < -0.4 is 5.32 Å². The van der Waals surface area contributed by atoms with E-state index in [1.165, 1.54) is 7.11 Å². The second-order valence-electron chi connectivity index (χ2n) is 23.2. The lowest BCUT2D eigenvalue weighted by molar-refractivity contribution is -0.143. The second-order valence-corrected chi connectivity index (χ2v) is 23.2. The third kappa shape index (κ3) is 10.6. The Kier molecular flexibility index (Phi) is 17.4. The molecule has 1 fully saturated rings. The number of ether oxygens (including phenoxy) is 1. The van der Waals surface area contributed by atoms with Crippen molar-refractivity contribution in [2.45, 2.75) is 140 Å². The van der Waals surface area contributed by atoms with Gasteiger partial charge in [0.25, 0.3) is 0 Å². The van der Waals surface area contributed by atoms with Gasteiger partial charge in [-0.15, -0.1) is 0 Å². The lowest BCUT2D eigenvalue weighted by Crippen LogP contribution is -2.24. The summed E-state index contributed by atoms with van der Waals surface area (Å²) in [5, 5.41) is 45.2. The fourth-order valence-electron chi connectivity index (χ4n) is 13.6. The summed E-state index contributed by atoms with van der Waals surface area (Å²) in [5.74, 6) is -5.31. The molecular weight excluding hydrogens is 1100 g/mol. The predicted octanol–water partition coefficient (Wildman–Crippen LogP) is 14.2. The number of carboxylic acids is 3. The highest BCUT2D eigenvalue weighted by Gasteiger charge is 2.49. The number of aromatic nitrogens is 4. The maximum absolute atomic E-state index is 13.2. The number of hydrogen-bond acceptors (Lipinski definition) is 12. The van der Waals surface area contributed by atoms with Crippen LogP contribution in [0.5, 0.6) is 0 Å². The van der Waals surface area contributed by atoms with Crippen LogP contribution in [-0.4, -0.2) is 88.5 Å². The minimum Gasteiger partial charge on any atom is -0.510 e. The highest BCUT2D eigenvalue weighted by Crippen LogP contribution is 2.50. The van der Waals surface area contributed by atoms with Crippen LogP contribution in [0.25, 0.3) is 39.3 Å². The van der Waals surface area contributed by atoms with E-state index in [1.54, 1.807) is 13.0 Å². The van der Waals surface area contributed by atoms with E-state index in [0.717, 1.165) is 131 Å². The van der Waals surface area contributed by atoms with Crippen LogP contribution in [0.1, 0.15) is 164 Å². The number of aliphatic hydroxyl groups is 1. The number of carbonyl (C=O) groups is 4. The zero-order valence-electron chi connectivity index (χ0n) is 50.9. The molecule has 3 aromatic heterocycles. The van der Waals surface area contributed by atoms with Gasteiger partial charge < -0.3 is 40.4 Å². The van der Waals surface area contributed by atoms with Crippen molar-refractivity contribution in [2.24, 2.45) is 32.7 Å². The maximum atomic E-state index is 13.2. The van der Waals surface area contributed by atoms with Crippen LogP contribution in [0.3, 0.4) is 0 Å². The number of aromatic amines is 2. The maximum Gasteiger partial charge on any atom is 0.338 e. The van der Waals surface area contributed by atoms with E-state index in [0.29, 0.717) is 45.9 Å². The van der Waals surface area contributed by atoms with Crippen molar-refractivity contribution in [3.8, 4) is 0 Å². The molecule has 11 rings (SSSR count). The van der Waals surface area contributed by atoms with E-state index in [-0.39, 0.29) is 60.6 Å². The summed E-state index contributed by atoms with van der Waals surface area (Å²) in [4.78, 5) is 81.7. The summed E-state index contributed by atoms with van der Waals surface area (Å²) in [7, 11) is 1.36. The minimum absolute atomic E-state index is 0. The van der Waals surface area contributed by atoms with Gasteiger partial charge in [-0.1, -0.05) is 73.8 Å². The van der Waals surface area contributed by atoms with Crippen LogP contribution >= 0.6 is 0 Å². The Morgan fingerprint density at radius 1 is 0.713 bits per heavy atom. The van der Waals surface area contributed by atoms with E-state index in [1.807, 2.05) is 65.0 Å². The summed E-state index contributed by atoms with van der Waals surface area (Å²) in [6, 6.07) is 5.75. The first-order valence-electron chi connectivity index (χ1n) is 29.5. The third-order valence-electron chi connectivity index (χ3n) is 18.4. The zero-order valence-corrected chi connectivity index (χ0v) is 50.9. The standard InChI is InChI=1S/C35H38N4O3.C34H36N4O6.CH4/c1-9-12-22-18(6)25-13-23-16(4)20(10-2)27(36-23)14-24-17(5)21(11-3)28(37-24)15-26-19(7)29-33(39-26)30(32(22)38-25)31(34(29)40)35(41)42-8;1-7-19-15(3)23-12-25-17(5)21(9-10-29(39)40)32(37-25)22(11-30(41)42)33-31(34(43)44)18(6)26(38-33)14-28-20(8-2)16(4)24(36-28)13-27(19)35-23;/h10,13-15,18,22,31,38,40H,2,9,11-12H2,1,3-8H3;7,12-14,17,21,35-36H,1,8-11H2,2-6H3,(H,39,40)(H,41,42)(H,43,44);1H4/t18-,22-,31?;17-,21-;/m00./s1. The average Bonchev–Trinajstić information content (AvgIpc) is 1.59. The fraction of sp³-hybridized carbons (Fsp3) is 0.357. The van der Waals surface area contributed by atoms with E-state index in [9.17, 15) is 39.6 Å². The van der Waals surface area contributed by atoms with Gasteiger partial charge in [0, 0.05) is 97.1 Å². The third-order valence-corrected chi connectivity index (χ3v) is 18.4. The van der Waals surface area contributed by atoms with Crippen LogP contribution in [0.2, 0.25) is 0 Å². The number of H-pyrrole nitrogens is 2. The van der Waals surface area contributed by atoms with E-state index >= 15 is 0 Å². The van der Waals surface area contributed by atoms with Crippen molar-refractivity contribution < 1.29 is 44.3 Å². The van der Waals surface area contributed by atoms with Crippen molar-refractivity contribution in [1.82, 2.24) is 25.3 Å². The van der Waals surface area contributed by atoms with Gasteiger partial charge in [-0.3, -0.25) is 19.4 Å². The van der Waals surface area contributed by atoms with E-state index in [4.69, 9.17) is 29.7 Å². The van der Waals surface area contributed by atoms with Crippen molar-refractivity contribution in [2.75, 3.05) is 7.11 Å². The number of aryl methyl sites for hydroxylation is 3. The van der Waals surface area contributed by atoms with Crippen LogP contribution in [0, 0.1) is 31.6 Å². The lowest BCUT2D eigenvalue weighted by Gasteiger charge is -2.20. The zero-order chi connectivity index (χ0) is 62.1. The van der Waals surface area contributed by atoms with Crippen molar-refractivity contribution in [3.63, 3.8) is 0 Å². The molecule has 1 saturated heterocycles. The number of aliphatic imine (C=N–C) groups is 3. The molecule has 0 radical (unpaired) electrons. The Morgan fingerprint density at radius 3 is 2.03 bits per heavy atom. The largest absolute Gasteiger partial charge is 0.510 e. The monoisotopic (exact) mass is 1170 g/mol. The van der Waals surface area contributed by atoms with Crippen molar-refractivity contribution >= 4 is 80.3 Å². The molecule has 0 aromatic carbocycles. The Hall–Kier alpha value is -9.25. The number of esters is 1. The number of fused-ring (bicyclic) bond motifs is 13. The molecule has 0 saturated carbocycles. The fourth-order valence-corrected chi connectivity index (χ4v) is 13.6. The molecule has 10 heterocycles. The number of nitrogens with zero attached hydrogens (tertiary/aromatic N) is 5. The molecule has 452 valence electrons. The lowest BCUT2D eigenvalue weighted by atomic mass is 9.84. The topological polar surface area (TPSA) is 265 Å². The first-order chi connectivity index (χ1) is 41.0. The predicted molar refractivity (Wildman–Crippen MR) is 344 cm³/mol. The molecule has 7 aliphatic heterocycles. The minimum atomic E-state index is -1.23. The Bertz CT molecular complexity index is 4190. The van der Waals surface area contributed by atoms with Gasteiger partial charge in [0.05, 0.1) is 70.4 Å². The number of carbonyl (C=O) groups excluding carboxylic acids is 1. The molecule has 5 atom stereocenters. The van der Waals surface area contributed by atoms with Crippen LogP contribution in [0.15, 0.2) is 144 Å². The first-order valence-corrected chi connectivity index (χ1v) is 29.5. The van der Waals surface area contributed by atoms with Gasteiger partial charge in [0.15, 0.2) is 0 Å². The highest BCUT2D eigenvalue weighted by molar-refractivity contribution is 6.25. The molecular formula is C70H78N8O9. The number of aliphatic hydroxyl groups excluding tert-OH is 1. The number of methoxy groups -OCH3 is 1. The second kappa shape index (κ2) is 24.3. The quantitative estimate of drug-likeness (QED) is 0.0788. The molecule has 87 heavy (non-hydrogen) atoms. The summed E-state index contributed by atoms with van der Waals surface area (Å²) in [5.41, 5.74) is 22.5. The molecule has 8 aliphatic rings. The number of aliphatic carboxylic acids is 3. The van der Waals surface area contributed by atoms with E-state index < -0.39 is 42.1 Å². The molecule has 7 N–H and O–H groups in total. The van der Waals surface area contributed by atoms with E-state index in [2.05, 4.69) is 75.2 Å². The van der Waals surface area contributed by atoms with Crippen molar-refractivity contribution in [3.05, 3.63) is 180 Å². The molecule has 0 spiro atoms. The SMILES string of the molecule is C.C=CC1=C(C)C2=NC1=CC1=NC(=CC3=C(C)C4=C(O)C(C(=O)OC)C(=C5NC(=C2)[C@@H](C)[C@@H]5CCC)C4=N3)C(CC)=C1C.C=Cc1c(C)c2cc3nc(c(CC(=O)O)c4nc(cc5[nH]c(cc1[nH]2)c(C)c5CC)C(C)=C4C(=O)O)[C@@H](CCC(=O)O)[C@@H]3C. The van der Waals surface area contributed by atoms with Gasteiger partial charge in [-0.25, -0.2) is 24.8 Å². The number of nitrogens with one attached hydrogen (secondary N) is 3. The molecule has 17 heteroatoms.